The minimum Gasteiger partial charge on any atom is -0.341 e. The molecule has 0 aliphatic rings. The van der Waals surface area contributed by atoms with E-state index < -0.39 is 0 Å². The Morgan fingerprint density at radius 1 is 1.00 bits per heavy atom. The second-order valence-corrected chi connectivity index (χ2v) is 6.98. The van der Waals surface area contributed by atoms with Crippen molar-refractivity contribution in [1.82, 2.24) is 25.3 Å². The number of carbonyl (C=O) groups is 1. The van der Waals surface area contributed by atoms with Crippen molar-refractivity contribution in [2.45, 2.75) is 19.9 Å². The summed E-state index contributed by atoms with van der Waals surface area (Å²) < 4.78 is 1.56. The number of aryl methyl sites for hydroxylation is 3. The molecule has 6 heteroatoms. The molecule has 1 amide bonds. The molecular formula is C22H21N5O. The molecular weight excluding hydrogens is 350 g/mol. The molecule has 0 aliphatic heterocycles. The number of rotatable bonds is 4. The average molecular weight is 371 g/mol. The first kappa shape index (κ1) is 17.9. The summed E-state index contributed by atoms with van der Waals surface area (Å²) in [5, 5.41) is 11.3. The van der Waals surface area contributed by atoms with Gasteiger partial charge in [0.2, 0.25) is 0 Å². The zero-order valence-corrected chi connectivity index (χ0v) is 16.0. The second-order valence-electron chi connectivity index (χ2n) is 6.98. The fourth-order valence-corrected chi connectivity index (χ4v) is 3.38. The summed E-state index contributed by atoms with van der Waals surface area (Å²) in [6, 6.07) is 17.8. The lowest BCUT2D eigenvalue weighted by Crippen LogP contribution is -2.29. The number of hydrogen-bond acceptors (Lipinski definition) is 4. The number of aromatic nitrogens is 4. The van der Waals surface area contributed by atoms with Crippen molar-refractivity contribution in [2.24, 2.45) is 7.05 Å². The van der Waals surface area contributed by atoms with Crippen LogP contribution < -0.4 is 5.32 Å². The van der Waals surface area contributed by atoms with Gasteiger partial charge < -0.3 is 5.32 Å². The van der Waals surface area contributed by atoms with Gasteiger partial charge in [0.15, 0.2) is 5.65 Å². The van der Waals surface area contributed by atoms with Crippen molar-refractivity contribution >= 4 is 17.1 Å². The maximum absolute atomic E-state index is 13.2. The van der Waals surface area contributed by atoms with Crippen LogP contribution in [0, 0.1) is 13.8 Å². The van der Waals surface area contributed by atoms with Crippen molar-refractivity contribution < 1.29 is 4.79 Å². The Kier molecular flexibility index (Phi) is 4.61. The summed E-state index contributed by atoms with van der Waals surface area (Å²) in [6.07, 6.45) is 1.61. The molecule has 140 valence electrons. The Hall–Kier alpha value is -3.54. The normalized spacial score (nSPS) is 11.1. The standard InChI is InChI=1S/C22H21N5O/c1-14-6-4-8-16(12-14)19(17-9-5-7-15(2)13-17)24-22(28)18-10-11-23-21-20(18)25-26-27(21)3/h4-13,19H,1-3H3,(H,24,28). The van der Waals surface area contributed by atoms with E-state index in [4.69, 9.17) is 0 Å². The van der Waals surface area contributed by atoms with Crippen molar-refractivity contribution in [3.05, 3.63) is 88.6 Å². The van der Waals surface area contributed by atoms with E-state index in [-0.39, 0.29) is 11.9 Å². The lowest BCUT2D eigenvalue weighted by Gasteiger charge is -2.21. The summed E-state index contributed by atoms with van der Waals surface area (Å²) in [6.45, 7) is 4.09. The fraction of sp³-hybridized carbons (Fsp3) is 0.182. The Morgan fingerprint density at radius 2 is 1.64 bits per heavy atom. The van der Waals surface area contributed by atoms with Gasteiger partial charge in [-0.05, 0) is 31.0 Å². The first-order chi connectivity index (χ1) is 13.5. The van der Waals surface area contributed by atoms with Gasteiger partial charge in [-0.25, -0.2) is 9.67 Å². The molecule has 0 spiro atoms. The first-order valence-electron chi connectivity index (χ1n) is 9.11. The SMILES string of the molecule is Cc1cccc(C(NC(=O)c2ccnc3c2nnn3C)c2cccc(C)c2)c1. The summed E-state index contributed by atoms with van der Waals surface area (Å²) in [5.74, 6) is -0.207. The van der Waals surface area contributed by atoms with Crippen LogP contribution in [0.3, 0.4) is 0 Å². The van der Waals surface area contributed by atoms with Crippen LogP contribution in [-0.4, -0.2) is 25.9 Å². The number of pyridine rings is 1. The van der Waals surface area contributed by atoms with E-state index in [0.29, 0.717) is 16.7 Å². The molecule has 0 saturated heterocycles. The van der Waals surface area contributed by atoms with Gasteiger partial charge in [-0.15, -0.1) is 5.10 Å². The zero-order chi connectivity index (χ0) is 19.7. The minimum atomic E-state index is -0.271. The largest absolute Gasteiger partial charge is 0.341 e. The number of nitrogens with one attached hydrogen (secondary N) is 1. The Balaban J connectivity index is 1.76. The molecule has 0 saturated carbocycles. The molecule has 2 aromatic heterocycles. The molecule has 6 nitrogen and oxygen atoms in total. The monoisotopic (exact) mass is 371 g/mol. The summed E-state index contributed by atoms with van der Waals surface area (Å²) in [7, 11) is 1.76. The van der Waals surface area contributed by atoms with Crippen molar-refractivity contribution in [3.63, 3.8) is 0 Å². The van der Waals surface area contributed by atoms with E-state index in [0.717, 1.165) is 22.3 Å². The quantitative estimate of drug-likeness (QED) is 0.596. The lowest BCUT2D eigenvalue weighted by molar-refractivity contribution is 0.0944. The predicted octanol–water partition coefficient (Wildman–Crippen LogP) is 3.50. The van der Waals surface area contributed by atoms with Crippen molar-refractivity contribution in [2.75, 3.05) is 0 Å². The smallest absolute Gasteiger partial charge is 0.254 e. The van der Waals surface area contributed by atoms with Gasteiger partial charge in [-0.2, -0.15) is 0 Å². The zero-order valence-electron chi connectivity index (χ0n) is 16.0. The van der Waals surface area contributed by atoms with Crippen LogP contribution >= 0.6 is 0 Å². The minimum absolute atomic E-state index is 0.207. The molecule has 0 radical (unpaired) electrons. The van der Waals surface area contributed by atoms with Gasteiger partial charge in [0.1, 0.15) is 5.52 Å². The van der Waals surface area contributed by atoms with E-state index in [9.17, 15) is 4.79 Å². The van der Waals surface area contributed by atoms with Crippen molar-refractivity contribution in [3.8, 4) is 0 Å². The summed E-state index contributed by atoms with van der Waals surface area (Å²) in [4.78, 5) is 17.4. The number of hydrogen-bond donors (Lipinski definition) is 1. The van der Waals surface area contributed by atoms with E-state index in [1.807, 2.05) is 50.2 Å². The number of benzene rings is 2. The van der Waals surface area contributed by atoms with Gasteiger partial charge >= 0.3 is 0 Å². The molecule has 0 atom stereocenters. The molecule has 0 bridgehead atoms. The highest BCUT2D eigenvalue weighted by Crippen LogP contribution is 2.25. The molecule has 0 fully saturated rings. The first-order valence-corrected chi connectivity index (χ1v) is 9.11. The third-order valence-corrected chi connectivity index (χ3v) is 4.76. The number of nitrogens with zero attached hydrogens (tertiary/aromatic N) is 4. The van der Waals surface area contributed by atoms with Crippen molar-refractivity contribution in [1.29, 1.82) is 0 Å². The van der Waals surface area contributed by atoms with Gasteiger partial charge in [-0.3, -0.25) is 4.79 Å². The Morgan fingerprint density at radius 3 is 2.25 bits per heavy atom. The highest BCUT2D eigenvalue weighted by Gasteiger charge is 2.21. The molecule has 0 aliphatic carbocycles. The Labute approximate surface area is 163 Å². The maximum Gasteiger partial charge on any atom is 0.254 e. The molecule has 2 heterocycles. The summed E-state index contributed by atoms with van der Waals surface area (Å²) >= 11 is 0. The maximum atomic E-state index is 13.2. The van der Waals surface area contributed by atoms with Gasteiger partial charge in [0.25, 0.3) is 5.91 Å². The number of amides is 1. The predicted molar refractivity (Wildman–Crippen MR) is 108 cm³/mol. The van der Waals surface area contributed by atoms with Crippen LogP contribution in [0.25, 0.3) is 11.2 Å². The summed E-state index contributed by atoms with van der Waals surface area (Å²) in [5.41, 5.74) is 5.88. The van der Waals surface area contributed by atoms with Gasteiger partial charge in [0.05, 0.1) is 11.6 Å². The third kappa shape index (κ3) is 3.36. The molecule has 28 heavy (non-hydrogen) atoms. The van der Waals surface area contributed by atoms with Gasteiger partial charge in [-0.1, -0.05) is 64.9 Å². The molecule has 4 aromatic rings. The molecule has 2 aromatic carbocycles. The van der Waals surface area contributed by atoms with Crippen LogP contribution in [0.4, 0.5) is 0 Å². The number of fused-ring (bicyclic) bond motifs is 1. The van der Waals surface area contributed by atoms with Crippen LogP contribution in [-0.2, 0) is 7.05 Å². The Bertz CT molecular complexity index is 1120. The highest BCUT2D eigenvalue weighted by molar-refractivity contribution is 6.04. The second kappa shape index (κ2) is 7.23. The van der Waals surface area contributed by atoms with E-state index in [1.54, 1.807) is 24.0 Å². The van der Waals surface area contributed by atoms with Gasteiger partial charge in [0, 0.05) is 13.2 Å². The third-order valence-electron chi connectivity index (χ3n) is 4.76. The van der Waals surface area contributed by atoms with Crippen LogP contribution in [0.1, 0.15) is 38.7 Å². The van der Waals surface area contributed by atoms with E-state index in [1.165, 1.54) is 0 Å². The van der Waals surface area contributed by atoms with Crippen LogP contribution in [0.2, 0.25) is 0 Å². The topological polar surface area (TPSA) is 72.7 Å². The lowest BCUT2D eigenvalue weighted by atomic mass is 9.96. The fourth-order valence-electron chi connectivity index (χ4n) is 3.38. The average Bonchev–Trinajstić information content (AvgIpc) is 3.07. The van der Waals surface area contributed by atoms with Crippen LogP contribution in [0.15, 0.2) is 60.8 Å². The molecule has 1 N–H and O–H groups in total. The van der Waals surface area contributed by atoms with Crippen LogP contribution in [0.5, 0.6) is 0 Å². The van der Waals surface area contributed by atoms with E-state index >= 15 is 0 Å². The van der Waals surface area contributed by atoms with E-state index in [2.05, 4.69) is 32.7 Å². The molecule has 0 unspecified atom stereocenters. The number of carbonyl (C=O) groups excluding carboxylic acids is 1. The highest BCUT2D eigenvalue weighted by atomic mass is 16.1. The molecule has 4 rings (SSSR count).